The molecule has 110 valence electrons. The molecule has 0 aromatic carbocycles. The molecule has 2 heterocycles. The highest BCUT2D eigenvalue weighted by molar-refractivity contribution is 7.13. The molecule has 0 bridgehead atoms. The predicted molar refractivity (Wildman–Crippen MR) is 76.9 cm³/mol. The second kappa shape index (κ2) is 6.69. The van der Waals surface area contributed by atoms with E-state index in [1.165, 1.54) is 11.3 Å². The van der Waals surface area contributed by atoms with Gasteiger partial charge in [-0.1, -0.05) is 0 Å². The fraction of sp³-hybridized carbons (Fsp3) is 0.615. The number of esters is 1. The van der Waals surface area contributed by atoms with Gasteiger partial charge in [0.1, 0.15) is 6.04 Å². The van der Waals surface area contributed by atoms with E-state index in [4.69, 9.17) is 4.74 Å². The van der Waals surface area contributed by atoms with E-state index in [1.807, 2.05) is 17.2 Å². The zero-order valence-electron chi connectivity index (χ0n) is 11.7. The summed E-state index contributed by atoms with van der Waals surface area (Å²) >= 11 is 1.51. The number of nitrogens with one attached hydrogen (secondary N) is 1. The third-order valence-electron chi connectivity index (χ3n) is 3.17. The highest BCUT2D eigenvalue weighted by Crippen LogP contribution is 2.24. The van der Waals surface area contributed by atoms with Gasteiger partial charge in [0.05, 0.1) is 18.7 Å². The van der Waals surface area contributed by atoms with Crippen molar-refractivity contribution in [2.75, 3.05) is 24.6 Å². The van der Waals surface area contributed by atoms with E-state index < -0.39 is 0 Å². The van der Waals surface area contributed by atoms with Crippen molar-refractivity contribution in [2.45, 2.75) is 32.7 Å². The molecular formula is C13H19N3O3S. The molecule has 1 aromatic rings. The lowest BCUT2D eigenvalue weighted by Crippen LogP contribution is -2.54. The minimum atomic E-state index is -0.201. The maximum Gasteiger partial charge on any atom is 0.306 e. The molecule has 1 aromatic heterocycles. The highest BCUT2D eigenvalue weighted by atomic mass is 32.1. The van der Waals surface area contributed by atoms with Crippen molar-refractivity contribution in [1.29, 1.82) is 0 Å². The van der Waals surface area contributed by atoms with Gasteiger partial charge in [0, 0.05) is 24.9 Å². The molecule has 7 heteroatoms. The Labute approximate surface area is 122 Å². The standard InChI is InChI=1S/C13H19N3O3S/c1-3-19-11(17)5-4-10-8-20-13(15-10)16-7-6-14-12(18)9(16)2/h8-9H,3-7H2,1-2H3,(H,14,18). The first-order valence-electron chi connectivity index (χ1n) is 6.76. The Balaban J connectivity index is 1.94. The summed E-state index contributed by atoms with van der Waals surface area (Å²) in [6.45, 7) is 5.47. The number of piperazine rings is 1. The molecule has 1 fully saturated rings. The normalized spacial score (nSPS) is 18.8. The molecule has 0 radical (unpaired) electrons. The van der Waals surface area contributed by atoms with Gasteiger partial charge in [-0.15, -0.1) is 11.3 Å². The van der Waals surface area contributed by atoms with E-state index in [0.29, 0.717) is 26.0 Å². The second-order valence-electron chi connectivity index (χ2n) is 4.59. The Morgan fingerprint density at radius 3 is 3.20 bits per heavy atom. The van der Waals surface area contributed by atoms with Crippen LogP contribution in [-0.2, 0) is 20.7 Å². The zero-order chi connectivity index (χ0) is 14.5. The lowest BCUT2D eigenvalue weighted by atomic mass is 10.2. The van der Waals surface area contributed by atoms with Crippen LogP contribution in [0.15, 0.2) is 5.38 Å². The molecule has 1 saturated heterocycles. The van der Waals surface area contributed by atoms with Crippen LogP contribution in [0.3, 0.4) is 0 Å². The largest absolute Gasteiger partial charge is 0.466 e. The van der Waals surface area contributed by atoms with Crippen molar-refractivity contribution in [3.8, 4) is 0 Å². The van der Waals surface area contributed by atoms with Crippen LogP contribution in [0.2, 0.25) is 0 Å². The molecule has 0 saturated carbocycles. The summed E-state index contributed by atoms with van der Waals surface area (Å²) in [5, 5.41) is 5.60. The Bertz CT molecular complexity index is 489. The molecule has 1 aliphatic rings. The summed E-state index contributed by atoms with van der Waals surface area (Å²) in [5.41, 5.74) is 0.872. The summed E-state index contributed by atoms with van der Waals surface area (Å²) in [7, 11) is 0. The third kappa shape index (κ3) is 3.47. The van der Waals surface area contributed by atoms with Crippen LogP contribution in [-0.4, -0.2) is 42.6 Å². The smallest absolute Gasteiger partial charge is 0.306 e. The molecule has 1 unspecified atom stereocenters. The number of nitrogens with zero attached hydrogens (tertiary/aromatic N) is 2. The van der Waals surface area contributed by atoms with Crippen molar-refractivity contribution in [2.24, 2.45) is 0 Å². The van der Waals surface area contributed by atoms with Gasteiger partial charge in [-0.25, -0.2) is 4.98 Å². The molecule has 1 N–H and O–H groups in total. The number of hydrogen-bond donors (Lipinski definition) is 1. The van der Waals surface area contributed by atoms with Crippen molar-refractivity contribution >= 4 is 28.3 Å². The number of rotatable bonds is 5. The number of carbonyl (C=O) groups excluding carboxylic acids is 2. The topological polar surface area (TPSA) is 71.5 Å². The van der Waals surface area contributed by atoms with Gasteiger partial charge in [0.25, 0.3) is 0 Å². The van der Waals surface area contributed by atoms with Crippen LogP contribution in [0.1, 0.15) is 26.0 Å². The molecule has 1 amide bonds. The molecular weight excluding hydrogens is 278 g/mol. The van der Waals surface area contributed by atoms with E-state index in [2.05, 4.69) is 10.3 Å². The minimum Gasteiger partial charge on any atom is -0.466 e. The predicted octanol–water partition coefficient (Wildman–Crippen LogP) is 0.963. The second-order valence-corrected chi connectivity index (χ2v) is 5.42. The van der Waals surface area contributed by atoms with Gasteiger partial charge in [-0.2, -0.15) is 0 Å². The summed E-state index contributed by atoms with van der Waals surface area (Å²) in [4.78, 5) is 29.4. The van der Waals surface area contributed by atoms with Crippen molar-refractivity contribution < 1.29 is 14.3 Å². The van der Waals surface area contributed by atoms with Gasteiger partial charge >= 0.3 is 5.97 Å². The molecule has 0 spiro atoms. The first kappa shape index (κ1) is 14.8. The van der Waals surface area contributed by atoms with Crippen LogP contribution < -0.4 is 10.2 Å². The van der Waals surface area contributed by atoms with Gasteiger partial charge in [-0.05, 0) is 13.8 Å². The molecule has 0 aliphatic carbocycles. The molecule has 2 rings (SSSR count). The van der Waals surface area contributed by atoms with E-state index in [1.54, 1.807) is 6.92 Å². The van der Waals surface area contributed by atoms with Gasteiger partial charge in [-0.3, -0.25) is 9.59 Å². The summed E-state index contributed by atoms with van der Waals surface area (Å²) < 4.78 is 4.89. The number of aromatic nitrogens is 1. The van der Waals surface area contributed by atoms with Gasteiger partial charge in [0.15, 0.2) is 5.13 Å². The lowest BCUT2D eigenvalue weighted by molar-refractivity contribution is -0.143. The average Bonchev–Trinajstić information content (AvgIpc) is 2.89. The number of hydrogen-bond acceptors (Lipinski definition) is 6. The molecule has 1 atom stereocenters. The van der Waals surface area contributed by atoms with Gasteiger partial charge in [0.2, 0.25) is 5.91 Å². The quantitative estimate of drug-likeness (QED) is 0.820. The SMILES string of the molecule is CCOC(=O)CCc1csc(N2CCNC(=O)C2C)n1. The van der Waals surface area contributed by atoms with Crippen molar-refractivity contribution in [3.63, 3.8) is 0 Å². The summed E-state index contributed by atoms with van der Waals surface area (Å²) in [5.74, 6) is -0.174. The first-order chi connectivity index (χ1) is 9.61. The lowest BCUT2D eigenvalue weighted by Gasteiger charge is -2.32. The number of amides is 1. The van der Waals surface area contributed by atoms with E-state index in [0.717, 1.165) is 17.4 Å². The Morgan fingerprint density at radius 2 is 2.45 bits per heavy atom. The van der Waals surface area contributed by atoms with E-state index in [-0.39, 0.29) is 17.9 Å². The monoisotopic (exact) mass is 297 g/mol. The van der Waals surface area contributed by atoms with Crippen LogP contribution in [0, 0.1) is 0 Å². The van der Waals surface area contributed by atoms with Crippen LogP contribution in [0.4, 0.5) is 5.13 Å². The molecule has 1 aliphatic heterocycles. The van der Waals surface area contributed by atoms with Gasteiger partial charge < -0.3 is 15.0 Å². The number of ether oxygens (including phenoxy) is 1. The first-order valence-corrected chi connectivity index (χ1v) is 7.64. The maximum atomic E-state index is 11.6. The fourth-order valence-corrected chi connectivity index (χ4v) is 3.02. The summed E-state index contributed by atoms with van der Waals surface area (Å²) in [6, 6.07) is -0.201. The third-order valence-corrected chi connectivity index (χ3v) is 4.10. The minimum absolute atomic E-state index is 0.0273. The number of aryl methyl sites for hydroxylation is 1. The Morgan fingerprint density at radius 1 is 1.65 bits per heavy atom. The average molecular weight is 297 g/mol. The summed E-state index contributed by atoms with van der Waals surface area (Å²) in [6.07, 6.45) is 0.913. The number of thiazole rings is 1. The molecule has 20 heavy (non-hydrogen) atoms. The number of carbonyl (C=O) groups is 2. The Kier molecular flexibility index (Phi) is 4.94. The number of anilines is 1. The highest BCUT2D eigenvalue weighted by Gasteiger charge is 2.27. The van der Waals surface area contributed by atoms with E-state index >= 15 is 0 Å². The Hall–Kier alpha value is -1.63. The van der Waals surface area contributed by atoms with E-state index in [9.17, 15) is 9.59 Å². The fourth-order valence-electron chi connectivity index (χ4n) is 2.05. The zero-order valence-corrected chi connectivity index (χ0v) is 12.5. The molecule has 6 nitrogen and oxygen atoms in total. The van der Waals surface area contributed by atoms with Crippen LogP contribution in [0.5, 0.6) is 0 Å². The van der Waals surface area contributed by atoms with Crippen molar-refractivity contribution in [3.05, 3.63) is 11.1 Å². The van der Waals surface area contributed by atoms with Crippen molar-refractivity contribution in [1.82, 2.24) is 10.3 Å². The van der Waals surface area contributed by atoms with Crippen LogP contribution >= 0.6 is 11.3 Å². The maximum absolute atomic E-state index is 11.6. The van der Waals surface area contributed by atoms with Crippen LogP contribution in [0.25, 0.3) is 0 Å².